The van der Waals surface area contributed by atoms with Gasteiger partial charge in [-0.3, -0.25) is 4.79 Å². The van der Waals surface area contributed by atoms with Crippen LogP contribution >= 0.6 is 0 Å². The minimum Gasteiger partial charge on any atom is -0.474 e. The summed E-state index contributed by atoms with van der Waals surface area (Å²) in [5.41, 5.74) is 9.13. The highest BCUT2D eigenvalue weighted by Crippen LogP contribution is 2.29. The summed E-state index contributed by atoms with van der Waals surface area (Å²) in [6, 6.07) is 13.5. The van der Waals surface area contributed by atoms with Crippen LogP contribution in [0, 0.1) is 0 Å². The van der Waals surface area contributed by atoms with Crippen LogP contribution in [0.5, 0.6) is 5.88 Å². The molecule has 2 aromatic carbocycles. The highest BCUT2D eigenvalue weighted by Gasteiger charge is 2.12. The topological polar surface area (TPSA) is 90.1 Å². The first kappa shape index (κ1) is 18.6. The first-order chi connectivity index (χ1) is 12.8. The van der Waals surface area contributed by atoms with E-state index >= 15 is 0 Å². The third kappa shape index (κ3) is 4.34. The first-order valence-corrected chi connectivity index (χ1v) is 8.98. The van der Waals surface area contributed by atoms with Gasteiger partial charge >= 0.3 is 0 Å². The standard InChI is InChI=1S/C21H24N4O2/c1-12(2)23-19(26)15-7-5-14(6-8-15)16-9-10-18-17(11-16)20(27-13(3)4)25-21(22)24-18/h5-13H,1-4H3,(H,23,26)(H2,22,24,25). The second-order valence-electron chi connectivity index (χ2n) is 6.99. The molecule has 0 aliphatic carbocycles. The molecule has 0 spiro atoms. The number of nitrogens with two attached hydrogens (primary N) is 1. The van der Waals surface area contributed by atoms with E-state index in [-0.39, 0.29) is 24.0 Å². The summed E-state index contributed by atoms with van der Waals surface area (Å²) in [6.07, 6.45) is -0.0232. The number of carbonyl (C=O) groups is 1. The summed E-state index contributed by atoms with van der Waals surface area (Å²) >= 11 is 0. The van der Waals surface area contributed by atoms with E-state index in [4.69, 9.17) is 10.5 Å². The maximum absolute atomic E-state index is 12.1. The van der Waals surface area contributed by atoms with Crippen LogP contribution in [0.3, 0.4) is 0 Å². The highest BCUT2D eigenvalue weighted by molar-refractivity contribution is 5.95. The van der Waals surface area contributed by atoms with Gasteiger partial charge in [0, 0.05) is 11.6 Å². The van der Waals surface area contributed by atoms with Gasteiger partial charge in [0.15, 0.2) is 0 Å². The molecule has 1 amide bonds. The fourth-order valence-electron chi connectivity index (χ4n) is 2.77. The van der Waals surface area contributed by atoms with Crippen LogP contribution in [0.2, 0.25) is 0 Å². The Bertz CT molecular complexity index is 966. The van der Waals surface area contributed by atoms with Crippen molar-refractivity contribution in [2.75, 3.05) is 5.73 Å². The van der Waals surface area contributed by atoms with Gasteiger partial charge in [0.25, 0.3) is 5.91 Å². The van der Waals surface area contributed by atoms with Crippen molar-refractivity contribution in [1.29, 1.82) is 0 Å². The number of hydrogen-bond acceptors (Lipinski definition) is 5. The Kier molecular flexibility index (Phi) is 5.26. The Hall–Kier alpha value is -3.15. The van der Waals surface area contributed by atoms with Gasteiger partial charge in [-0.05, 0) is 63.1 Å². The lowest BCUT2D eigenvalue weighted by Gasteiger charge is -2.13. The maximum atomic E-state index is 12.1. The third-order valence-corrected chi connectivity index (χ3v) is 3.93. The second-order valence-corrected chi connectivity index (χ2v) is 6.99. The average molecular weight is 364 g/mol. The van der Waals surface area contributed by atoms with Gasteiger partial charge in [0.1, 0.15) is 0 Å². The van der Waals surface area contributed by atoms with Crippen LogP contribution in [-0.4, -0.2) is 28.0 Å². The van der Waals surface area contributed by atoms with E-state index in [0.29, 0.717) is 11.4 Å². The van der Waals surface area contributed by atoms with Crippen molar-refractivity contribution in [1.82, 2.24) is 15.3 Å². The van der Waals surface area contributed by atoms with Gasteiger partial charge in [-0.2, -0.15) is 4.98 Å². The number of aromatic nitrogens is 2. The van der Waals surface area contributed by atoms with Gasteiger partial charge in [0.2, 0.25) is 11.8 Å². The Morgan fingerprint density at radius 2 is 1.67 bits per heavy atom. The Balaban J connectivity index is 1.97. The molecule has 0 bridgehead atoms. The van der Waals surface area contributed by atoms with Crippen LogP contribution in [-0.2, 0) is 0 Å². The molecule has 0 aliphatic rings. The van der Waals surface area contributed by atoms with Crippen molar-refractivity contribution in [3.05, 3.63) is 48.0 Å². The quantitative estimate of drug-likeness (QED) is 0.718. The van der Waals surface area contributed by atoms with E-state index in [0.717, 1.165) is 22.0 Å². The molecule has 3 aromatic rings. The lowest BCUT2D eigenvalue weighted by molar-refractivity contribution is 0.0943. The Morgan fingerprint density at radius 1 is 1.00 bits per heavy atom. The van der Waals surface area contributed by atoms with Crippen molar-refractivity contribution in [3.8, 4) is 17.0 Å². The van der Waals surface area contributed by atoms with Gasteiger partial charge in [-0.15, -0.1) is 0 Å². The molecule has 1 heterocycles. The second kappa shape index (κ2) is 7.61. The lowest BCUT2D eigenvalue weighted by Crippen LogP contribution is -2.29. The number of anilines is 1. The van der Waals surface area contributed by atoms with E-state index < -0.39 is 0 Å². The number of amides is 1. The number of nitrogen functional groups attached to an aromatic ring is 1. The van der Waals surface area contributed by atoms with E-state index in [1.807, 2.05) is 70.2 Å². The summed E-state index contributed by atoms with van der Waals surface area (Å²) in [4.78, 5) is 20.6. The van der Waals surface area contributed by atoms with E-state index in [1.165, 1.54) is 0 Å². The molecule has 0 unspecified atom stereocenters. The molecule has 0 fully saturated rings. The largest absolute Gasteiger partial charge is 0.474 e. The zero-order valence-corrected chi connectivity index (χ0v) is 16.0. The zero-order valence-electron chi connectivity index (χ0n) is 16.0. The van der Waals surface area contributed by atoms with E-state index in [2.05, 4.69) is 15.3 Å². The van der Waals surface area contributed by atoms with Crippen LogP contribution in [0.4, 0.5) is 5.95 Å². The molecule has 3 rings (SSSR count). The smallest absolute Gasteiger partial charge is 0.251 e. The van der Waals surface area contributed by atoms with Crippen molar-refractivity contribution in [2.24, 2.45) is 0 Å². The fraction of sp³-hybridized carbons (Fsp3) is 0.286. The number of nitrogens with zero attached hydrogens (tertiary/aromatic N) is 2. The SMILES string of the molecule is CC(C)NC(=O)c1ccc(-c2ccc3nc(N)nc(OC(C)C)c3c2)cc1. The number of ether oxygens (including phenoxy) is 1. The first-order valence-electron chi connectivity index (χ1n) is 8.98. The summed E-state index contributed by atoms with van der Waals surface area (Å²) in [7, 11) is 0. The van der Waals surface area contributed by atoms with Crippen LogP contribution < -0.4 is 15.8 Å². The monoisotopic (exact) mass is 364 g/mol. The van der Waals surface area contributed by atoms with Crippen molar-refractivity contribution in [3.63, 3.8) is 0 Å². The molecule has 0 aliphatic heterocycles. The van der Waals surface area contributed by atoms with Crippen LogP contribution in [0.15, 0.2) is 42.5 Å². The number of hydrogen-bond donors (Lipinski definition) is 2. The number of benzene rings is 2. The Labute approximate surface area is 158 Å². The number of carbonyl (C=O) groups excluding carboxylic acids is 1. The molecule has 0 saturated carbocycles. The van der Waals surface area contributed by atoms with Crippen molar-refractivity contribution >= 4 is 22.8 Å². The number of nitrogens with one attached hydrogen (secondary N) is 1. The summed E-state index contributed by atoms with van der Waals surface area (Å²) in [6.45, 7) is 7.75. The molecule has 6 heteroatoms. The predicted octanol–water partition coefficient (Wildman–Crippen LogP) is 3.80. The van der Waals surface area contributed by atoms with Crippen LogP contribution in [0.1, 0.15) is 38.1 Å². The summed E-state index contributed by atoms with van der Waals surface area (Å²) in [5, 5.41) is 3.69. The van der Waals surface area contributed by atoms with Gasteiger partial charge in [0.05, 0.1) is 17.0 Å². The lowest BCUT2D eigenvalue weighted by atomic mass is 10.0. The zero-order chi connectivity index (χ0) is 19.6. The molecular formula is C21H24N4O2. The van der Waals surface area contributed by atoms with Gasteiger partial charge < -0.3 is 15.8 Å². The molecule has 1 aromatic heterocycles. The van der Waals surface area contributed by atoms with Gasteiger partial charge in [-0.25, -0.2) is 4.98 Å². The van der Waals surface area contributed by atoms with Crippen molar-refractivity contribution < 1.29 is 9.53 Å². The molecular weight excluding hydrogens is 340 g/mol. The molecule has 0 radical (unpaired) electrons. The highest BCUT2D eigenvalue weighted by atomic mass is 16.5. The molecule has 3 N–H and O–H groups in total. The minimum absolute atomic E-state index is 0.0232. The molecule has 0 saturated heterocycles. The summed E-state index contributed by atoms with van der Waals surface area (Å²) in [5.74, 6) is 0.584. The van der Waals surface area contributed by atoms with Crippen molar-refractivity contribution in [2.45, 2.75) is 39.8 Å². The molecule has 27 heavy (non-hydrogen) atoms. The average Bonchev–Trinajstić information content (AvgIpc) is 2.60. The van der Waals surface area contributed by atoms with E-state index in [1.54, 1.807) is 0 Å². The fourth-order valence-corrected chi connectivity index (χ4v) is 2.77. The summed E-state index contributed by atoms with van der Waals surface area (Å²) < 4.78 is 5.80. The normalized spacial score (nSPS) is 11.2. The van der Waals surface area contributed by atoms with Gasteiger partial charge in [-0.1, -0.05) is 18.2 Å². The molecule has 0 atom stereocenters. The molecule has 140 valence electrons. The number of fused-ring (bicyclic) bond motifs is 1. The maximum Gasteiger partial charge on any atom is 0.251 e. The van der Waals surface area contributed by atoms with Crippen LogP contribution in [0.25, 0.3) is 22.0 Å². The minimum atomic E-state index is -0.0773. The third-order valence-electron chi connectivity index (χ3n) is 3.93. The van der Waals surface area contributed by atoms with E-state index in [9.17, 15) is 4.79 Å². The Morgan fingerprint density at radius 3 is 2.30 bits per heavy atom. The number of rotatable bonds is 5. The predicted molar refractivity (Wildman–Crippen MR) is 108 cm³/mol. The molecule has 6 nitrogen and oxygen atoms in total.